The first-order valence-electron chi connectivity index (χ1n) is 29.8. The van der Waals surface area contributed by atoms with Gasteiger partial charge in [-0.2, -0.15) is 0 Å². The van der Waals surface area contributed by atoms with Crippen molar-refractivity contribution in [2.45, 2.75) is 141 Å². The molecular formula is C81H94. The van der Waals surface area contributed by atoms with E-state index in [9.17, 15) is 0 Å². The van der Waals surface area contributed by atoms with Crippen LogP contribution in [-0.4, -0.2) is 0 Å². The van der Waals surface area contributed by atoms with Gasteiger partial charge in [0, 0.05) is 0 Å². The molecule has 0 saturated carbocycles. The quantitative estimate of drug-likeness (QED) is 0.0960. The molecule has 81 heavy (non-hydrogen) atoms. The Morgan fingerprint density at radius 1 is 0.160 bits per heavy atom. The third kappa shape index (κ3) is 22.0. The lowest BCUT2D eigenvalue weighted by Gasteiger charge is -2.04. The molecule has 10 rings (SSSR count). The van der Waals surface area contributed by atoms with Crippen molar-refractivity contribution in [3.8, 4) is 55.6 Å². The van der Waals surface area contributed by atoms with E-state index in [2.05, 4.69) is 312 Å². The van der Waals surface area contributed by atoms with Gasteiger partial charge in [-0.1, -0.05) is 345 Å². The average molecular weight is 1070 g/mol. The van der Waals surface area contributed by atoms with Crippen molar-refractivity contribution < 1.29 is 0 Å². The Morgan fingerprint density at radius 3 is 0.358 bits per heavy atom. The maximum Gasteiger partial charge on any atom is -0.0184 e. The van der Waals surface area contributed by atoms with Gasteiger partial charge in [0.1, 0.15) is 0 Å². The molecule has 0 aliphatic rings. The van der Waals surface area contributed by atoms with Crippen LogP contribution in [0.4, 0.5) is 0 Å². The van der Waals surface area contributed by atoms with Gasteiger partial charge in [0.15, 0.2) is 0 Å². The first kappa shape index (κ1) is 64.0. The van der Waals surface area contributed by atoms with Crippen molar-refractivity contribution in [3.05, 3.63) is 298 Å². The van der Waals surface area contributed by atoms with Crippen molar-refractivity contribution in [1.82, 2.24) is 0 Å². The van der Waals surface area contributed by atoms with Gasteiger partial charge >= 0.3 is 0 Å². The minimum Gasteiger partial charge on any atom is -0.0776 e. The number of hydrogen-bond donors (Lipinski definition) is 0. The summed E-state index contributed by atoms with van der Waals surface area (Å²) >= 11 is 0. The van der Waals surface area contributed by atoms with Crippen molar-refractivity contribution in [2.24, 2.45) is 0 Å². The van der Waals surface area contributed by atoms with E-state index in [4.69, 9.17) is 0 Å². The molecule has 0 saturated heterocycles. The molecule has 0 heterocycles. The van der Waals surface area contributed by atoms with E-state index in [0.29, 0.717) is 0 Å². The molecule has 418 valence electrons. The highest BCUT2D eigenvalue weighted by Gasteiger charge is 2.02. The van der Waals surface area contributed by atoms with Gasteiger partial charge in [0.25, 0.3) is 0 Å². The van der Waals surface area contributed by atoms with Crippen LogP contribution in [0.5, 0.6) is 0 Å². The normalized spacial score (nSPS) is 10.2. The zero-order valence-electron chi connectivity index (χ0n) is 50.2. The zero-order chi connectivity index (χ0) is 56.9. The first-order valence-corrected chi connectivity index (χ1v) is 29.8. The molecule has 0 fully saturated rings. The van der Waals surface area contributed by atoms with Crippen LogP contribution in [-0.2, 0) is 32.1 Å². The smallest absolute Gasteiger partial charge is 0.0184 e. The van der Waals surface area contributed by atoms with Gasteiger partial charge in [0.2, 0.25) is 0 Å². The van der Waals surface area contributed by atoms with Crippen LogP contribution >= 0.6 is 0 Å². The van der Waals surface area contributed by atoms with Crippen molar-refractivity contribution >= 4 is 0 Å². The Bertz CT molecular complexity index is 2700. The molecule has 0 heteroatoms. The van der Waals surface area contributed by atoms with Crippen LogP contribution in [0.1, 0.15) is 130 Å². The highest BCUT2D eigenvalue weighted by Crippen LogP contribution is 2.25. The number of rotatable bonds is 15. The molecule has 0 nitrogen and oxygen atoms in total. The Morgan fingerprint density at radius 2 is 0.259 bits per heavy atom. The van der Waals surface area contributed by atoms with Gasteiger partial charge < -0.3 is 0 Å². The molecule has 0 radical (unpaired) electrons. The number of aryl methyl sites for hydroxylation is 10. The minimum absolute atomic E-state index is 0. The summed E-state index contributed by atoms with van der Waals surface area (Å²) in [6.45, 7) is 21.7. The SMILES string of the molecule is C.CCCc1ccc(-c2ccc(C)cc2)cc1.CCCc1ccc(-c2ccc(C)cc2)cc1.CCCc1ccc(-c2ccc(C)cc2)cc1.CCCc1ccc(-c2ccc(C)cc2)cc1.CCCc1ccc(-c2ccc(C)cc2)cc1. The van der Waals surface area contributed by atoms with Gasteiger partial charge in [-0.15, -0.1) is 0 Å². The van der Waals surface area contributed by atoms with Crippen molar-refractivity contribution in [2.75, 3.05) is 0 Å². The topological polar surface area (TPSA) is 0 Å². The van der Waals surface area contributed by atoms with Gasteiger partial charge in [-0.25, -0.2) is 0 Å². The maximum atomic E-state index is 2.23. The zero-order valence-corrected chi connectivity index (χ0v) is 50.2. The summed E-state index contributed by atoms with van der Waals surface area (Å²) in [6.07, 6.45) is 11.9. The van der Waals surface area contributed by atoms with E-state index >= 15 is 0 Å². The summed E-state index contributed by atoms with van der Waals surface area (Å²) in [7, 11) is 0. The molecule has 0 atom stereocenters. The summed E-state index contributed by atoms with van der Waals surface area (Å²) in [6, 6.07) is 88.0. The van der Waals surface area contributed by atoms with E-state index in [0.717, 1.165) is 0 Å². The van der Waals surface area contributed by atoms with E-state index in [1.54, 1.807) is 0 Å². The predicted molar refractivity (Wildman–Crippen MR) is 360 cm³/mol. The minimum atomic E-state index is 0. The molecule has 0 aromatic heterocycles. The second-order valence-corrected chi connectivity index (χ2v) is 21.6. The Labute approximate surface area is 492 Å². The molecule has 0 N–H and O–H groups in total. The van der Waals surface area contributed by atoms with Gasteiger partial charge in [-0.3, -0.25) is 0 Å². The number of hydrogen-bond acceptors (Lipinski definition) is 0. The summed E-state index contributed by atoms with van der Waals surface area (Å²) in [5.74, 6) is 0. The molecule has 0 unspecified atom stereocenters. The van der Waals surface area contributed by atoms with E-state index < -0.39 is 0 Å². The molecule has 0 aliphatic heterocycles. The van der Waals surface area contributed by atoms with Crippen LogP contribution in [0, 0.1) is 34.6 Å². The monoisotopic (exact) mass is 1070 g/mol. The second kappa shape index (κ2) is 35.0. The summed E-state index contributed by atoms with van der Waals surface area (Å²) in [5.41, 5.74) is 26.7. The van der Waals surface area contributed by atoms with Gasteiger partial charge in [-0.05, 0) is 150 Å². The summed E-state index contributed by atoms with van der Waals surface area (Å²) in [5, 5.41) is 0. The van der Waals surface area contributed by atoms with Crippen LogP contribution < -0.4 is 0 Å². The Hall–Kier alpha value is -7.80. The third-order valence-electron chi connectivity index (χ3n) is 14.4. The highest BCUT2D eigenvalue weighted by molar-refractivity contribution is 5.67. The van der Waals surface area contributed by atoms with Crippen LogP contribution in [0.15, 0.2) is 243 Å². The van der Waals surface area contributed by atoms with Crippen molar-refractivity contribution in [1.29, 1.82) is 0 Å². The van der Waals surface area contributed by atoms with E-state index in [1.807, 2.05) is 0 Å². The van der Waals surface area contributed by atoms with Crippen LogP contribution in [0.3, 0.4) is 0 Å². The molecule has 10 aromatic carbocycles. The summed E-state index contributed by atoms with van der Waals surface area (Å²) < 4.78 is 0. The molecular weight excluding hydrogens is 973 g/mol. The molecule has 0 bridgehead atoms. The Kier molecular flexibility index (Phi) is 27.7. The highest BCUT2D eigenvalue weighted by atomic mass is 14.1. The lowest BCUT2D eigenvalue weighted by atomic mass is 10.0. The third-order valence-corrected chi connectivity index (χ3v) is 14.4. The second-order valence-electron chi connectivity index (χ2n) is 21.6. The molecule has 10 aromatic rings. The lowest BCUT2D eigenvalue weighted by molar-refractivity contribution is 0.922. The predicted octanol–water partition coefficient (Wildman–Crippen LogP) is 23.7. The fourth-order valence-corrected chi connectivity index (χ4v) is 9.49. The molecule has 0 spiro atoms. The largest absolute Gasteiger partial charge is 0.0776 e. The number of benzene rings is 10. The van der Waals surface area contributed by atoms with Crippen LogP contribution in [0.25, 0.3) is 55.6 Å². The fourth-order valence-electron chi connectivity index (χ4n) is 9.49. The molecule has 0 aliphatic carbocycles. The maximum absolute atomic E-state index is 2.23. The fraction of sp³-hybridized carbons (Fsp3) is 0.259. The average Bonchev–Trinajstić information content (AvgIpc) is 3.49. The standard InChI is InChI=1S/5C16H18.CH4/c5*1-3-4-14-7-11-16(12-8-14)15-9-5-13(2)6-10-15;/h5*5-12H,3-4H2,1-2H3;1H4. The molecule has 0 amide bonds. The van der Waals surface area contributed by atoms with Gasteiger partial charge in [0.05, 0.1) is 0 Å². The van der Waals surface area contributed by atoms with E-state index in [-0.39, 0.29) is 7.43 Å². The lowest BCUT2D eigenvalue weighted by Crippen LogP contribution is -1.83. The van der Waals surface area contributed by atoms with Crippen molar-refractivity contribution in [3.63, 3.8) is 0 Å². The Balaban J connectivity index is 0.000000185. The van der Waals surface area contributed by atoms with Crippen LogP contribution in [0.2, 0.25) is 0 Å². The summed E-state index contributed by atoms with van der Waals surface area (Å²) in [4.78, 5) is 0. The first-order chi connectivity index (χ1) is 39.0. The van der Waals surface area contributed by atoms with E-state index in [1.165, 1.54) is 175 Å².